The number of hydrogen-bond donors (Lipinski definition) is 5. The van der Waals surface area contributed by atoms with Gasteiger partial charge < -0.3 is 54.1 Å². The summed E-state index contributed by atoms with van der Waals surface area (Å²) in [6, 6.07) is 4.82. The average Bonchev–Trinajstić information content (AvgIpc) is 3.07. The van der Waals surface area contributed by atoms with Crippen molar-refractivity contribution in [3.63, 3.8) is 0 Å². The molecule has 0 spiro atoms. The van der Waals surface area contributed by atoms with Crippen molar-refractivity contribution >= 4 is 17.5 Å². The molecule has 0 aromatic heterocycles. The van der Waals surface area contributed by atoms with E-state index in [0.29, 0.717) is 12.0 Å². The number of nitrogens with zero attached hydrogens (tertiary/aromatic N) is 1. The summed E-state index contributed by atoms with van der Waals surface area (Å²) in [7, 11) is 4.96. The lowest BCUT2D eigenvalue weighted by Crippen LogP contribution is -2.57. The fourth-order valence-electron chi connectivity index (χ4n) is 7.90. The number of aliphatic hydroxyl groups is 3. The van der Waals surface area contributed by atoms with Gasteiger partial charge in [-0.25, -0.2) is 0 Å². The smallest absolute Gasteiger partial charge is 0.316 e. The van der Waals surface area contributed by atoms with E-state index in [1.807, 2.05) is 25.9 Å². The number of rotatable bonds is 7. The van der Waals surface area contributed by atoms with Crippen LogP contribution in [0.15, 0.2) is 24.3 Å². The fraction of sp³-hybridized carbons (Fsp3) is 0.583. The van der Waals surface area contributed by atoms with Crippen molar-refractivity contribution < 1.29 is 63.6 Å². The minimum Gasteiger partial charge on any atom is -0.507 e. The molecule has 14 nitrogen and oxygen atoms in total. The monoisotopic (exact) mass is 699 g/mol. The Morgan fingerprint density at radius 3 is 2.02 bits per heavy atom. The van der Waals surface area contributed by atoms with Crippen LogP contribution in [-0.4, -0.2) is 124 Å². The van der Waals surface area contributed by atoms with Crippen LogP contribution >= 0.6 is 0 Å². The van der Waals surface area contributed by atoms with Gasteiger partial charge in [-0.2, -0.15) is 0 Å². The van der Waals surface area contributed by atoms with Crippen LogP contribution in [0.2, 0.25) is 0 Å². The third-order valence-electron chi connectivity index (χ3n) is 10.7. The molecule has 11 unspecified atom stereocenters. The molecule has 14 heteroatoms. The number of ether oxygens (including phenoxy) is 5. The number of benzene rings is 2. The van der Waals surface area contributed by atoms with Crippen LogP contribution in [0.5, 0.6) is 11.5 Å². The van der Waals surface area contributed by atoms with Gasteiger partial charge in [-0.15, -0.1) is 0 Å². The Bertz CT molecular complexity index is 1670. The zero-order chi connectivity index (χ0) is 36.4. The topological polar surface area (TPSA) is 202 Å². The van der Waals surface area contributed by atoms with E-state index in [1.165, 1.54) is 19.2 Å². The largest absolute Gasteiger partial charge is 0.507 e. The number of carbonyl (C=O) groups is 3. The number of esters is 1. The number of hydrogen-bond acceptors (Lipinski definition) is 14. The molecule has 0 saturated carbocycles. The van der Waals surface area contributed by atoms with E-state index in [0.717, 1.165) is 12.1 Å². The Morgan fingerprint density at radius 1 is 0.920 bits per heavy atom. The number of methoxy groups -OCH3 is 1. The minimum atomic E-state index is -1.67. The lowest BCUT2D eigenvalue weighted by Gasteiger charge is -2.47. The number of carbonyl (C=O) groups excluding carboxylic acids is 3. The first-order chi connectivity index (χ1) is 23.6. The Balaban J connectivity index is 1.35. The summed E-state index contributed by atoms with van der Waals surface area (Å²) in [6.45, 7) is 5.20. The van der Waals surface area contributed by atoms with Crippen molar-refractivity contribution in [2.75, 3.05) is 21.2 Å². The van der Waals surface area contributed by atoms with Crippen LogP contribution in [-0.2, 0) is 28.5 Å². The zero-order valence-electron chi connectivity index (χ0n) is 28.9. The number of aliphatic hydroxyl groups excluding tert-OH is 2. The van der Waals surface area contributed by atoms with Crippen molar-refractivity contribution in [1.29, 1.82) is 0 Å². The van der Waals surface area contributed by atoms with Gasteiger partial charge in [0, 0.05) is 36.4 Å². The summed E-state index contributed by atoms with van der Waals surface area (Å²) >= 11 is 0. The molecule has 11 atom stereocenters. The maximum Gasteiger partial charge on any atom is 0.316 e. The minimum absolute atomic E-state index is 0.0483. The summed E-state index contributed by atoms with van der Waals surface area (Å²) in [5.74, 6) is -4.32. The van der Waals surface area contributed by atoms with Crippen LogP contribution in [0, 0.1) is 0 Å². The molecule has 2 aliphatic carbocycles. The Morgan fingerprint density at radius 2 is 1.48 bits per heavy atom. The second-order valence-electron chi connectivity index (χ2n) is 14.0. The Labute approximate surface area is 289 Å². The van der Waals surface area contributed by atoms with Crippen molar-refractivity contribution in [1.82, 2.24) is 4.90 Å². The number of ketones is 2. The lowest BCUT2D eigenvalue weighted by atomic mass is 9.67. The quantitative estimate of drug-likeness (QED) is 0.177. The number of phenolic OH excluding ortho intramolecular Hbond substituents is 2. The van der Waals surface area contributed by atoms with Crippen molar-refractivity contribution in [2.24, 2.45) is 0 Å². The van der Waals surface area contributed by atoms with Gasteiger partial charge in [0.15, 0.2) is 24.1 Å². The lowest BCUT2D eigenvalue weighted by molar-refractivity contribution is -0.310. The average molecular weight is 700 g/mol. The second-order valence-corrected chi connectivity index (χ2v) is 14.0. The highest BCUT2D eigenvalue weighted by atomic mass is 16.7. The van der Waals surface area contributed by atoms with E-state index in [1.54, 1.807) is 13.8 Å². The molecule has 2 aromatic rings. The molecule has 2 aliphatic heterocycles. The first kappa shape index (κ1) is 36.3. The predicted octanol–water partition coefficient (Wildman–Crippen LogP) is 2.04. The van der Waals surface area contributed by atoms with Crippen LogP contribution in [0.1, 0.15) is 101 Å². The molecule has 4 aliphatic rings. The van der Waals surface area contributed by atoms with E-state index >= 15 is 0 Å². The SMILES string of the molecule is CCC1(O)CC(OC2CC(N(C)C)C(OC3CC(O)C(O)C(C)O3)C(C)O2)c2cc3c(cc2C1C(=O)OC)C(=O)c1c(O)ccc(O)c1C3=O. The van der Waals surface area contributed by atoms with Crippen LogP contribution < -0.4 is 0 Å². The Kier molecular flexibility index (Phi) is 9.87. The third kappa shape index (κ3) is 6.11. The van der Waals surface area contributed by atoms with Gasteiger partial charge in [0.1, 0.15) is 29.6 Å². The number of fused-ring (bicyclic) bond motifs is 3. The maximum atomic E-state index is 13.8. The highest BCUT2D eigenvalue weighted by Crippen LogP contribution is 2.51. The van der Waals surface area contributed by atoms with E-state index in [-0.39, 0.29) is 53.1 Å². The fourth-order valence-corrected chi connectivity index (χ4v) is 7.90. The van der Waals surface area contributed by atoms with Crippen LogP contribution in [0.4, 0.5) is 0 Å². The van der Waals surface area contributed by atoms with Gasteiger partial charge in [0.05, 0.1) is 48.3 Å². The van der Waals surface area contributed by atoms with E-state index in [2.05, 4.69) is 0 Å². The van der Waals surface area contributed by atoms with E-state index in [9.17, 15) is 39.9 Å². The summed E-state index contributed by atoms with van der Waals surface area (Å²) in [4.78, 5) is 42.8. The molecule has 5 N–H and O–H groups in total. The zero-order valence-corrected chi connectivity index (χ0v) is 28.9. The molecule has 0 amide bonds. The van der Waals surface area contributed by atoms with Crippen LogP contribution in [0.25, 0.3) is 0 Å². The van der Waals surface area contributed by atoms with Gasteiger partial charge in [0.25, 0.3) is 0 Å². The summed E-state index contributed by atoms with van der Waals surface area (Å²) in [5.41, 5.74) is -1.88. The predicted molar refractivity (Wildman–Crippen MR) is 174 cm³/mol. The standard InChI is InChI=1S/C36H45NO13/c1-7-36(45)14-25(49-26-12-21(37(4)5)34(16(3)48-26)50-27-13-24(40)31(41)15(2)47-27)17-10-19-20(11-18(17)30(36)35(44)46-6)33(43)29-23(39)9-8-22(38)28(29)32(19)42/h8-11,15-16,21,24-27,30-31,34,38-41,45H,7,12-14H2,1-6H3. The second kappa shape index (κ2) is 13.6. The van der Waals surface area contributed by atoms with Gasteiger partial charge in [-0.1, -0.05) is 6.92 Å². The Hall–Kier alpha value is -3.47. The summed E-state index contributed by atoms with van der Waals surface area (Å²) < 4.78 is 30.2. The molecule has 0 radical (unpaired) electrons. The molecule has 0 bridgehead atoms. The highest BCUT2D eigenvalue weighted by molar-refractivity contribution is 6.30. The third-order valence-corrected chi connectivity index (χ3v) is 10.7. The molecule has 2 saturated heterocycles. The van der Waals surface area contributed by atoms with Gasteiger partial charge in [-0.05, 0) is 69.8 Å². The molecule has 2 aromatic carbocycles. The van der Waals surface area contributed by atoms with E-state index in [4.69, 9.17) is 23.7 Å². The van der Waals surface area contributed by atoms with Gasteiger partial charge >= 0.3 is 5.97 Å². The van der Waals surface area contributed by atoms with Gasteiger partial charge in [0.2, 0.25) is 0 Å². The summed E-state index contributed by atoms with van der Waals surface area (Å²) in [5, 5.41) is 53.5. The van der Waals surface area contributed by atoms with Crippen molar-refractivity contribution in [3.8, 4) is 11.5 Å². The molecular formula is C36H45NO13. The van der Waals surface area contributed by atoms with Crippen molar-refractivity contribution in [2.45, 2.75) is 113 Å². The molecule has 2 fully saturated rings. The molecule has 6 rings (SSSR count). The maximum absolute atomic E-state index is 13.8. The number of aromatic hydroxyl groups is 2. The first-order valence-corrected chi connectivity index (χ1v) is 16.9. The number of phenols is 2. The highest BCUT2D eigenvalue weighted by Gasteiger charge is 2.52. The molecular weight excluding hydrogens is 654 g/mol. The van der Waals surface area contributed by atoms with Crippen LogP contribution in [0.3, 0.4) is 0 Å². The van der Waals surface area contributed by atoms with Gasteiger partial charge in [-0.3, -0.25) is 14.4 Å². The molecule has 2 heterocycles. The number of likely N-dealkylation sites (N-methyl/N-ethyl adjacent to an activating group) is 1. The molecule has 50 heavy (non-hydrogen) atoms. The first-order valence-electron chi connectivity index (χ1n) is 16.9. The summed E-state index contributed by atoms with van der Waals surface area (Å²) in [6.07, 6.45) is -5.85. The normalized spacial score (nSPS) is 35.3. The van der Waals surface area contributed by atoms with Crippen molar-refractivity contribution in [3.05, 3.63) is 57.6 Å². The van der Waals surface area contributed by atoms with E-state index < -0.39 is 89.8 Å². The molecule has 272 valence electrons.